The van der Waals surface area contributed by atoms with Crippen molar-refractivity contribution in [2.24, 2.45) is 5.92 Å². The first-order valence-electron chi connectivity index (χ1n) is 2.72. The molecular formula is C6H9NO3. The molecule has 56 valence electrons. The molecule has 0 aliphatic carbocycles. The van der Waals surface area contributed by atoms with Gasteiger partial charge in [0.1, 0.15) is 11.7 Å². The second-order valence-electron chi connectivity index (χ2n) is 1.78. The highest BCUT2D eigenvalue weighted by atomic mass is 16.5. The number of hydrogen-bond acceptors (Lipinski definition) is 4. The summed E-state index contributed by atoms with van der Waals surface area (Å²) in [6, 6.07) is 0. The van der Waals surface area contributed by atoms with Gasteiger partial charge in [-0.2, -0.15) is 0 Å². The van der Waals surface area contributed by atoms with Crippen LogP contribution in [0.25, 0.3) is 0 Å². The summed E-state index contributed by atoms with van der Waals surface area (Å²) in [6.45, 7) is 1.24. The van der Waals surface area contributed by atoms with Gasteiger partial charge in [0.2, 0.25) is 0 Å². The number of methoxy groups -OCH3 is 1. The predicted octanol–water partition coefficient (Wildman–Crippen LogP) is 0.0142. The number of carbonyl (C=O) groups excluding carboxylic acids is 2. The summed E-state index contributed by atoms with van der Waals surface area (Å²) in [6.07, 6.45) is 0.772. The Hall–Kier alpha value is -1.19. The van der Waals surface area contributed by atoms with E-state index in [2.05, 4.69) is 4.74 Å². The van der Waals surface area contributed by atoms with Crippen LogP contribution in [0.4, 0.5) is 0 Å². The maximum absolute atomic E-state index is 10.6. The molecule has 1 atom stereocenters. The molecule has 0 radical (unpaired) electrons. The van der Waals surface area contributed by atoms with E-state index in [0.29, 0.717) is 0 Å². The summed E-state index contributed by atoms with van der Waals surface area (Å²) in [5.74, 6) is -2.07. The van der Waals surface area contributed by atoms with E-state index in [4.69, 9.17) is 5.41 Å². The number of ether oxygens (including phenoxy) is 1. The smallest absolute Gasteiger partial charge is 0.321 e. The Kier molecular flexibility index (Phi) is 3.32. The van der Waals surface area contributed by atoms with Crippen LogP contribution in [0.15, 0.2) is 0 Å². The molecule has 1 unspecified atom stereocenters. The molecule has 0 aliphatic heterocycles. The highest BCUT2D eigenvalue weighted by Gasteiger charge is 2.20. The molecule has 0 fully saturated rings. The second kappa shape index (κ2) is 3.76. The fraction of sp³-hybridized carbons (Fsp3) is 0.500. The zero-order valence-electron chi connectivity index (χ0n) is 5.88. The van der Waals surface area contributed by atoms with Gasteiger partial charge in [0.25, 0.3) is 0 Å². The van der Waals surface area contributed by atoms with Crippen molar-refractivity contribution >= 4 is 18.0 Å². The molecule has 0 rings (SSSR count). The lowest BCUT2D eigenvalue weighted by atomic mass is 10.1. The van der Waals surface area contributed by atoms with E-state index < -0.39 is 11.9 Å². The van der Waals surface area contributed by atoms with Crippen molar-refractivity contribution in [2.75, 3.05) is 7.11 Å². The average molecular weight is 143 g/mol. The first kappa shape index (κ1) is 8.81. The van der Waals surface area contributed by atoms with Gasteiger partial charge in [0, 0.05) is 6.21 Å². The standard InChI is InChI=1S/C6H9NO3/c1-4(8)5(3-7)6(9)10-2/h3,5,7H,1-2H3. The van der Waals surface area contributed by atoms with E-state index in [9.17, 15) is 9.59 Å². The molecule has 0 aliphatic rings. The molecule has 0 amide bonds. The average Bonchev–Trinajstić information content (AvgIpc) is 1.88. The second-order valence-corrected chi connectivity index (χ2v) is 1.78. The summed E-state index contributed by atoms with van der Waals surface area (Å²) in [5, 5.41) is 6.68. The van der Waals surface area contributed by atoms with Gasteiger partial charge in [-0.25, -0.2) is 0 Å². The van der Waals surface area contributed by atoms with Crippen molar-refractivity contribution in [1.29, 1.82) is 5.41 Å². The van der Waals surface area contributed by atoms with Crippen molar-refractivity contribution in [1.82, 2.24) is 0 Å². The molecule has 0 aromatic carbocycles. The number of Topliss-reactive ketones (excluding diaryl/α,β-unsaturated/α-hetero) is 1. The molecule has 4 heteroatoms. The Labute approximate surface area is 58.7 Å². The predicted molar refractivity (Wildman–Crippen MR) is 35.0 cm³/mol. The molecule has 0 heterocycles. The van der Waals surface area contributed by atoms with Gasteiger partial charge < -0.3 is 10.1 Å². The molecule has 0 bridgehead atoms. The van der Waals surface area contributed by atoms with E-state index in [1.54, 1.807) is 0 Å². The molecule has 0 saturated heterocycles. The summed E-state index contributed by atoms with van der Waals surface area (Å²) < 4.78 is 4.25. The number of hydrogen-bond donors (Lipinski definition) is 1. The Morgan fingerprint density at radius 1 is 1.60 bits per heavy atom. The molecular weight excluding hydrogens is 134 g/mol. The third-order valence-corrected chi connectivity index (χ3v) is 1.06. The zero-order valence-corrected chi connectivity index (χ0v) is 5.88. The molecule has 1 N–H and O–H groups in total. The Bertz CT molecular complexity index is 164. The zero-order chi connectivity index (χ0) is 8.15. The van der Waals surface area contributed by atoms with E-state index in [1.807, 2.05) is 0 Å². The van der Waals surface area contributed by atoms with E-state index in [-0.39, 0.29) is 5.78 Å². The highest BCUT2D eigenvalue weighted by molar-refractivity contribution is 6.10. The summed E-state index contributed by atoms with van der Waals surface area (Å²) in [7, 11) is 1.18. The molecule has 0 spiro atoms. The van der Waals surface area contributed by atoms with Gasteiger partial charge in [0.15, 0.2) is 0 Å². The molecule has 10 heavy (non-hydrogen) atoms. The van der Waals surface area contributed by atoms with Crippen LogP contribution in [-0.2, 0) is 14.3 Å². The van der Waals surface area contributed by atoms with Gasteiger partial charge in [-0.1, -0.05) is 0 Å². The van der Waals surface area contributed by atoms with Crippen molar-refractivity contribution in [2.45, 2.75) is 6.92 Å². The van der Waals surface area contributed by atoms with Gasteiger partial charge in [-0.15, -0.1) is 0 Å². The monoisotopic (exact) mass is 143 g/mol. The minimum Gasteiger partial charge on any atom is -0.468 e. The fourth-order valence-corrected chi connectivity index (χ4v) is 0.478. The first-order chi connectivity index (χ1) is 4.63. The van der Waals surface area contributed by atoms with Crippen LogP contribution in [0.1, 0.15) is 6.92 Å². The van der Waals surface area contributed by atoms with E-state index >= 15 is 0 Å². The van der Waals surface area contributed by atoms with Crippen molar-refractivity contribution in [3.05, 3.63) is 0 Å². The Morgan fingerprint density at radius 3 is 2.20 bits per heavy atom. The molecule has 0 aromatic heterocycles. The van der Waals surface area contributed by atoms with Crippen LogP contribution in [0.3, 0.4) is 0 Å². The molecule has 4 nitrogen and oxygen atoms in total. The topological polar surface area (TPSA) is 67.2 Å². The number of carbonyl (C=O) groups is 2. The minimum atomic E-state index is -1.02. The molecule has 0 saturated carbocycles. The normalized spacial score (nSPS) is 11.8. The SMILES string of the molecule is COC(=O)C(C=N)C(C)=O. The lowest BCUT2D eigenvalue weighted by Crippen LogP contribution is -2.24. The van der Waals surface area contributed by atoms with Crippen LogP contribution in [0, 0.1) is 11.3 Å². The van der Waals surface area contributed by atoms with E-state index in [0.717, 1.165) is 6.21 Å². The van der Waals surface area contributed by atoms with Crippen molar-refractivity contribution in [3.8, 4) is 0 Å². The lowest BCUT2D eigenvalue weighted by molar-refractivity contribution is -0.145. The van der Waals surface area contributed by atoms with Crippen LogP contribution < -0.4 is 0 Å². The van der Waals surface area contributed by atoms with Gasteiger partial charge in [-0.05, 0) is 6.92 Å². The van der Waals surface area contributed by atoms with E-state index in [1.165, 1.54) is 14.0 Å². The number of ketones is 1. The van der Waals surface area contributed by atoms with Gasteiger partial charge in [0.05, 0.1) is 7.11 Å². The number of esters is 1. The maximum Gasteiger partial charge on any atom is 0.321 e. The minimum absolute atomic E-state index is 0.373. The summed E-state index contributed by atoms with van der Waals surface area (Å²) in [5.41, 5.74) is 0. The van der Waals surface area contributed by atoms with Crippen LogP contribution in [0.2, 0.25) is 0 Å². The Morgan fingerprint density at radius 2 is 2.10 bits per heavy atom. The lowest BCUT2D eigenvalue weighted by Gasteiger charge is -2.02. The summed E-state index contributed by atoms with van der Waals surface area (Å²) in [4.78, 5) is 21.1. The third kappa shape index (κ3) is 1.97. The van der Waals surface area contributed by atoms with Crippen LogP contribution in [-0.4, -0.2) is 25.1 Å². The van der Waals surface area contributed by atoms with Crippen LogP contribution in [0.5, 0.6) is 0 Å². The van der Waals surface area contributed by atoms with Crippen LogP contribution >= 0.6 is 0 Å². The van der Waals surface area contributed by atoms with Crippen molar-refractivity contribution < 1.29 is 14.3 Å². The highest BCUT2D eigenvalue weighted by Crippen LogP contribution is 1.95. The maximum atomic E-state index is 10.6. The van der Waals surface area contributed by atoms with Gasteiger partial charge in [-0.3, -0.25) is 9.59 Å². The first-order valence-corrected chi connectivity index (χ1v) is 2.72. The largest absolute Gasteiger partial charge is 0.468 e. The quantitative estimate of drug-likeness (QED) is 0.344. The third-order valence-electron chi connectivity index (χ3n) is 1.06. The summed E-state index contributed by atoms with van der Waals surface area (Å²) >= 11 is 0. The number of nitrogens with one attached hydrogen (secondary N) is 1. The Balaban J connectivity index is 4.20. The fourth-order valence-electron chi connectivity index (χ4n) is 0.478. The van der Waals surface area contributed by atoms with Gasteiger partial charge >= 0.3 is 5.97 Å². The molecule has 0 aromatic rings. The van der Waals surface area contributed by atoms with Crippen molar-refractivity contribution in [3.63, 3.8) is 0 Å². The number of rotatable bonds is 3.